The molecule has 0 radical (unpaired) electrons. The molecule has 0 saturated carbocycles. The van der Waals surface area contributed by atoms with Gasteiger partial charge in [0, 0.05) is 23.6 Å². The highest BCUT2D eigenvalue weighted by Gasteiger charge is 2.55. The van der Waals surface area contributed by atoms with Gasteiger partial charge >= 0.3 is 0 Å². The van der Waals surface area contributed by atoms with Gasteiger partial charge in [0.2, 0.25) is 4.99 Å². The fourth-order valence-corrected chi connectivity index (χ4v) is 6.24. The number of nitrogens with zero attached hydrogens (tertiary/aromatic N) is 4. The zero-order valence-electron chi connectivity index (χ0n) is 21.6. The molecule has 1 atom stereocenters. The van der Waals surface area contributed by atoms with Gasteiger partial charge in [-0.3, -0.25) is 4.79 Å². The lowest BCUT2D eigenvalue weighted by Gasteiger charge is -2.47. The van der Waals surface area contributed by atoms with Gasteiger partial charge in [-0.15, -0.1) is 0 Å². The quantitative estimate of drug-likeness (QED) is 0.278. The number of ketones is 1. The van der Waals surface area contributed by atoms with Gasteiger partial charge in [0.05, 0.1) is 17.1 Å². The van der Waals surface area contributed by atoms with Crippen LogP contribution in [0.2, 0.25) is 0 Å². The number of hydrogen-bond donors (Lipinski definition) is 0. The maximum absolute atomic E-state index is 12.7. The van der Waals surface area contributed by atoms with Crippen LogP contribution in [0, 0.1) is 0 Å². The average Bonchev–Trinajstić information content (AvgIpc) is 3.36. The minimum Gasteiger partial charge on any atom is -0.292 e. The highest BCUT2D eigenvalue weighted by molar-refractivity contribution is 8.17. The smallest absolute Gasteiger partial charge is 0.234 e. The van der Waals surface area contributed by atoms with E-state index in [4.69, 9.17) is 10.2 Å². The lowest BCUT2D eigenvalue weighted by atomic mass is 9.92. The lowest BCUT2D eigenvalue weighted by Crippen LogP contribution is -2.54. The summed E-state index contributed by atoms with van der Waals surface area (Å²) in [5.41, 5.74) is 7.05. The van der Waals surface area contributed by atoms with Crippen LogP contribution >= 0.6 is 11.8 Å². The molecule has 0 saturated heterocycles. The Bertz CT molecular complexity index is 1550. The van der Waals surface area contributed by atoms with Crippen LogP contribution in [-0.4, -0.2) is 16.5 Å². The first-order valence-electron chi connectivity index (χ1n) is 12.8. The van der Waals surface area contributed by atoms with Gasteiger partial charge in [-0.1, -0.05) is 98.8 Å². The largest absolute Gasteiger partial charge is 0.292 e. The number of anilines is 2. The van der Waals surface area contributed by atoms with Crippen molar-refractivity contribution in [3.63, 3.8) is 0 Å². The molecule has 1 spiro atoms. The molecule has 4 aromatic rings. The van der Waals surface area contributed by atoms with E-state index in [2.05, 4.69) is 50.2 Å². The summed E-state index contributed by atoms with van der Waals surface area (Å²) in [5.74, 6) is 0.377. The third-order valence-corrected chi connectivity index (χ3v) is 8.30. The minimum absolute atomic E-state index is 0.0719. The number of hydrazone groups is 2. The van der Waals surface area contributed by atoms with Crippen LogP contribution in [0.15, 0.2) is 119 Å². The molecule has 2 aliphatic rings. The number of carbonyl (C=O) groups excluding carboxylic acids is 1. The van der Waals surface area contributed by atoms with E-state index in [0.29, 0.717) is 11.0 Å². The summed E-state index contributed by atoms with van der Waals surface area (Å²) in [5, 5.41) is 14.7. The number of para-hydroxylation sites is 2. The van der Waals surface area contributed by atoms with Crippen molar-refractivity contribution in [2.75, 3.05) is 10.0 Å². The van der Waals surface area contributed by atoms with Crippen LogP contribution in [0.1, 0.15) is 48.9 Å². The molecule has 38 heavy (non-hydrogen) atoms. The molecule has 6 rings (SSSR count). The van der Waals surface area contributed by atoms with Crippen molar-refractivity contribution in [1.82, 2.24) is 0 Å². The van der Waals surface area contributed by atoms with Crippen molar-refractivity contribution in [3.8, 4) is 0 Å². The zero-order valence-corrected chi connectivity index (χ0v) is 22.4. The van der Waals surface area contributed by atoms with Crippen molar-refractivity contribution < 1.29 is 4.79 Å². The molecule has 0 aliphatic carbocycles. The van der Waals surface area contributed by atoms with Gasteiger partial charge in [0.25, 0.3) is 0 Å². The molecule has 4 aromatic carbocycles. The summed E-state index contributed by atoms with van der Waals surface area (Å²) in [6, 6.07) is 37.1. The first-order valence-corrected chi connectivity index (χ1v) is 13.6. The minimum atomic E-state index is -0.929. The van der Waals surface area contributed by atoms with Crippen LogP contribution in [0.5, 0.6) is 0 Å². The van der Waals surface area contributed by atoms with Gasteiger partial charge in [0.1, 0.15) is 0 Å². The molecule has 0 aromatic heterocycles. The third kappa shape index (κ3) is 3.92. The van der Waals surface area contributed by atoms with Crippen LogP contribution in [0.4, 0.5) is 11.4 Å². The summed E-state index contributed by atoms with van der Waals surface area (Å²) in [6.45, 7) is 5.97. The Balaban J connectivity index is 1.63. The maximum Gasteiger partial charge on any atom is 0.234 e. The Hall–Kier alpha value is -4.16. The number of rotatable bonds is 5. The fourth-order valence-electron chi connectivity index (χ4n) is 4.95. The topological polar surface area (TPSA) is 48.3 Å². The normalized spacial score (nSPS) is 18.4. The molecular weight excluding hydrogens is 488 g/mol. The third-order valence-electron chi connectivity index (χ3n) is 6.89. The highest BCUT2D eigenvalue weighted by Crippen LogP contribution is 2.54. The molecule has 0 fully saturated rings. The second-order valence-electron chi connectivity index (χ2n) is 9.74. The predicted molar refractivity (Wildman–Crippen MR) is 158 cm³/mol. The average molecular weight is 517 g/mol. The second-order valence-corrected chi connectivity index (χ2v) is 10.9. The summed E-state index contributed by atoms with van der Waals surface area (Å²) in [4.78, 5) is 11.8. The molecule has 0 bridgehead atoms. The summed E-state index contributed by atoms with van der Waals surface area (Å²) < 4.78 is 0. The second kappa shape index (κ2) is 9.62. The van der Waals surface area contributed by atoms with Gasteiger partial charge in [-0.2, -0.15) is 10.2 Å². The van der Waals surface area contributed by atoms with Gasteiger partial charge in [0.15, 0.2) is 10.8 Å². The van der Waals surface area contributed by atoms with Crippen molar-refractivity contribution >= 4 is 39.7 Å². The summed E-state index contributed by atoms with van der Waals surface area (Å²) in [7, 11) is 0. The standard InChI is InChI=1S/C32H28N4OS/c1-22(2)24-18-20-25(21-19-24)30-28-16-10-11-17-29(28)32(35(33-30)26-12-6-4-7-13-26)36(27-14-8-5-9-15-27)34-31(38-32)23(3)37/h4-22H,1-3H3. The molecule has 0 amide bonds. The Morgan fingerprint density at radius 2 is 1.29 bits per heavy atom. The molecule has 2 aliphatic heterocycles. The first-order chi connectivity index (χ1) is 18.5. The Morgan fingerprint density at radius 1 is 0.737 bits per heavy atom. The van der Waals surface area contributed by atoms with Crippen molar-refractivity contribution in [3.05, 3.63) is 131 Å². The van der Waals surface area contributed by atoms with E-state index in [1.165, 1.54) is 17.3 Å². The number of thioether (sulfide) groups is 1. The highest BCUT2D eigenvalue weighted by atomic mass is 32.2. The van der Waals surface area contributed by atoms with Crippen LogP contribution in [0.25, 0.3) is 0 Å². The van der Waals surface area contributed by atoms with Crippen LogP contribution in [0.3, 0.4) is 0 Å². The van der Waals surface area contributed by atoms with E-state index in [0.717, 1.165) is 33.8 Å². The van der Waals surface area contributed by atoms with Crippen molar-refractivity contribution in [2.24, 2.45) is 10.2 Å². The molecular formula is C32H28N4OS. The van der Waals surface area contributed by atoms with Gasteiger partial charge in [-0.25, -0.2) is 10.0 Å². The molecule has 0 N–H and O–H groups in total. The van der Waals surface area contributed by atoms with E-state index in [1.54, 1.807) is 6.92 Å². The van der Waals surface area contributed by atoms with Crippen LogP contribution in [-0.2, 0) is 9.79 Å². The zero-order chi connectivity index (χ0) is 26.3. The predicted octanol–water partition coefficient (Wildman–Crippen LogP) is 7.35. The first kappa shape index (κ1) is 24.2. The van der Waals surface area contributed by atoms with Gasteiger partial charge < -0.3 is 0 Å². The monoisotopic (exact) mass is 516 g/mol. The number of Topliss-reactive ketones (excluding diaryl/α,β-unsaturated/α-hetero) is 1. The molecule has 1 unspecified atom stereocenters. The van der Waals surface area contributed by atoms with Crippen molar-refractivity contribution in [2.45, 2.75) is 31.7 Å². The molecule has 2 heterocycles. The molecule has 6 heteroatoms. The van der Waals surface area contributed by atoms with E-state index in [9.17, 15) is 4.79 Å². The number of benzene rings is 4. The van der Waals surface area contributed by atoms with E-state index in [-0.39, 0.29) is 5.78 Å². The SMILES string of the molecule is CC(=O)C1=NN(c2ccccc2)C2(S1)c1ccccc1C(c1ccc(C(C)C)cc1)=NN2c1ccccc1. The maximum atomic E-state index is 12.7. The van der Waals surface area contributed by atoms with Crippen LogP contribution < -0.4 is 10.0 Å². The Labute approximate surface area is 227 Å². The van der Waals surface area contributed by atoms with E-state index in [1.807, 2.05) is 82.8 Å². The van der Waals surface area contributed by atoms with Crippen molar-refractivity contribution in [1.29, 1.82) is 0 Å². The number of hydrogen-bond acceptors (Lipinski definition) is 6. The Kier molecular flexibility index (Phi) is 6.12. The summed E-state index contributed by atoms with van der Waals surface area (Å²) >= 11 is 1.44. The lowest BCUT2D eigenvalue weighted by molar-refractivity contribution is -0.110. The van der Waals surface area contributed by atoms with Gasteiger partial charge in [-0.05, 0) is 47.5 Å². The summed E-state index contributed by atoms with van der Waals surface area (Å²) in [6.07, 6.45) is 0. The number of fused-ring (bicyclic) bond motifs is 2. The molecule has 5 nitrogen and oxygen atoms in total. The van der Waals surface area contributed by atoms with E-state index < -0.39 is 4.99 Å². The number of carbonyl (C=O) groups is 1. The van der Waals surface area contributed by atoms with E-state index >= 15 is 0 Å². The Morgan fingerprint density at radius 3 is 1.87 bits per heavy atom. The fraction of sp³-hybridized carbons (Fsp3) is 0.156. The molecule has 188 valence electrons.